The zero-order valence-electron chi connectivity index (χ0n) is 6.63. The molecule has 0 aromatic rings. The van der Waals surface area contributed by atoms with Crippen molar-refractivity contribution in [1.29, 1.82) is 0 Å². The summed E-state index contributed by atoms with van der Waals surface area (Å²) in [7, 11) is -1.83. The van der Waals surface area contributed by atoms with Crippen LogP contribution in [0.3, 0.4) is 0 Å². The molecule has 0 rings (SSSR count). The van der Waals surface area contributed by atoms with E-state index in [0.29, 0.717) is 0 Å². The topological polar surface area (TPSA) is 49.3 Å². The Kier molecular flexibility index (Phi) is 4.96. The normalized spacial score (nSPS) is 11.9. The highest BCUT2D eigenvalue weighted by Gasteiger charge is 2.04. The molecule has 0 aliphatic rings. The van der Waals surface area contributed by atoms with Crippen LogP contribution in [0.15, 0.2) is 0 Å². The Labute approximate surface area is 62.2 Å². The molecule has 0 amide bonds. The van der Waals surface area contributed by atoms with E-state index in [-0.39, 0.29) is 6.73 Å². The van der Waals surface area contributed by atoms with Crippen molar-refractivity contribution in [2.75, 3.05) is 32.8 Å². The Morgan fingerprint density at radius 3 is 2.50 bits per heavy atom. The zero-order chi connectivity index (χ0) is 8.04. The van der Waals surface area contributed by atoms with Gasteiger partial charge in [-0.3, -0.25) is 5.32 Å². The van der Waals surface area contributed by atoms with Crippen LogP contribution in [-0.2, 0) is 4.57 Å². The largest absolute Gasteiger partial charge is 0.381 e. The van der Waals surface area contributed by atoms with E-state index < -0.39 is 7.14 Å². The summed E-state index contributed by atoms with van der Waals surface area (Å²) in [5.74, 6) is 0. The molecular formula is C6H16NO2P. The molecule has 0 saturated carbocycles. The van der Waals surface area contributed by atoms with E-state index in [2.05, 4.69) is 5.32 Å². The number of nitrogens with one attached hydrogen (secondary N) is 1. The summed E-state index contributed by atoms with van der Waals surface area (Å²) in [5.41, 5.74) is 0. The second-order valence-corrected chi connectivity index (χ2v) is 6.40. The van der Waals surface area contributed by atoms with Crippen molar-refractivity contribution < 1.29 is 9.67 Å². The van der Waals surface area contributed by atoms with Gasteiger partial charge in [-0.15, -0.1) is 0 Å². The van der Waals surface area contributed by atoms with E-state index in [4.69, 9.17) is 5.11 Å². The molecule has 2 N–H and O–H groups in total. The maximum Gasteiger partial charge on any atom is 0.0931 e. The molecular weight excluding hydrogens is 149 g/mol. The van der Waals surface area contributed by atoms with Crippen molar-refractivity contribution in [3.8, 4) is 0 Å². The molecule has 0 radical (unpaired) electrons. The molecule has 3 nitrogen and oxygen atoms in total. The fourth-order valence-electron chi connectivity index (χ4n) is 0.664. The van der Waals surface area contributed by atoms with Gasteiger partial charge in [-0.1, -0.05) is 0 Å². The van der Waals surface area contributed by atoms with Crippen LogP contribution < -0.4 is 5.32 Å². The maximum absolute atomic E-state index is 11.1. The van der Waals surface area contributed by atoms with E-state index in [1.807, 2.05) is 0 Å². The Hall–Kier alpha value is 0.150. The molecule has 0 saturated heterocycles. The molecule has 0 atom stereocenters. The Morgan fingerprint density at radius 2 is 2.10 bits per heavy atom. The molecule has 0 aliphatic carbocycles. The fourth-order valence-corrected chi connectivity index (χ4v) is 1.58. The molecule has 62 valence electrons. The van der Waals surface area contributed by atoms with Crippen LogP contribution in [0.4, 0.5) is 0 Å². The van der Waals surface area contributed by atoms with E-state index in [1.165, 1.54) is 0 Å². The molecule has 0 bridgehead atoms. The van der Waals surface area contributed by atoms with Crippen LogP contribution in [0.5, 0.6) is 0 Å². The summed E-state index contributed by atoms with van der Waals surface area (Å²) in [6.07, 6.45) is 1.64. The van der Waals surface area contributed by atoms with Crippen molar-refractivity contribution in [3.05, 3.63) is 0 Å². The van der Waals surface area contributed by atoms with Gasteiger partial charge in [0, 0.05) is 6.16 Å². The number of aliphatic hydroxyl groups is 1. The molecule has 0 aliphatic heterocycles. The second kappa shape index (κ2) is 4.89. The van der Waals surface area contributed by atoms with Gasteiger partial charge in [-0.2, -0.15) is 0 Å². The number of hydrogen-bond acceptors (Lipinski definition) is 3. The van der Waals surface area contributed by atoms with E-state index in [9.17, 15) is 4.57 Å². The average molecular weight is 165 g/mol. The minimum atomic E-state index is -1.83. The average Bonchev–Trinajstić information content (AvgIpc) is 1.78. The summed E-state index contributed by atoms with van der Waals surface area (Å²) in [6.45, 7) is 4.33. The third kappa shape index (κ3) is 8.15. The monoisotopic (exact) mass is 165 g/mol. The van der Waals surface area contributed by atoms with Crippen LogP contribution in [0.2, 0.25) is 0 Å². The minimum absolute atomic E-state index is 0.0116. The molecule has 0 aromatic carbocycles. The van der Waals surface area contributed by atoms with Gasteiger partial charge in [0.1, 0.15) is 0 Å². The van der Waals surface area contributed by atoms with Gasteiger partial charge in [-0.25, -0.2) is 0 Å². The van der Waals surface area contributed by atoms with E-state index in [1.54, 1.807) is 13.3 Å². The van der Waals surface area contributed by atoms with Gasteiger partial charge in [0.05, 0.1) is 13.9 Å². The van der Waals surface area contributed by atoms with Gasteiger partial charge in [0.15, 0.2) is 0 Å². The van der Waals surface area contributed by atoms with Gasteiger partial charge in [0.2, 0.25) is 0 Å². The lowest BCUT2D eigenvalue weighted by Gasteiger charge is -2.05. The van der Waals surface area contributed by atoms with Crippen molar-refractivity contribution in [3.63, 3.8) is 0 Å². The van der Waals surface area contributed by atoms with Crippen molar-refractivity contribution in [1.82, 2.24) is 5.32 Å². The predicted molar refractivity (Wildman–Crippen MR) is 44.0 cm³/mol. The Morgan fingerprint density at radius 1 is 1.50 bits per heavy atom. The zero-order valence-corrected chi connectivity index (χ0v) is 7.53. The minimum Gasteiger partial charge on any atom is -0.381 e. The third-order valence-electron chi connectivity index (χ3n) is 1.16. The van der Waals surface area contributed by atoms with Crippen LogP contribution >= 0.6 is 7.14 Å². The van der Waals surface area contributed by atoms with Crippen molar-refractivity contribution in [2.45, 2.75) is 6.42 Å². The highest BCUT2D eigenvalue weighted by Crippen LogP contribution is 2.35. The summed E-state index contributed by atoms with van der Waals surface area (Å²) in [6, 6.07) is 0. The van der Waals surface area contributed by atoms with Crippen LogP contribution in [-0.4, -0.2) is 37.9 Å². The SMILES string of the molecule is CP(C)(=O)CCCNCO. The quantitative estimate of drug-likeness (QED) is 0.355. The maximum atomic E-state index is 11.1. The van der Waals surface area contributed by atoms with E-state index in [0.717, 1.165) is 19.1 Å². The number of rotatable bonds is 5. The van der Waals surface area contributed by atoms with Crippen LogP contribution in [0, 0.1) is 0 Å². The van der Waals surface area contributed by atoms with Gasteiger partial charge < -0.3 is 9.67 Å². The van der Waals surface area contributed by atoms with Crippen LogP contribution in [0.25, 0.3) is 0 Å². The fraction of sp³-hybridized carbons (Fsp3) is 1.00. The standard InChI is InChI=1S/C6H16NO2P/c1-10(2,9)5-3-4-7-6-8/h7-8H,3-6H2,1-2H3. The Balaban J connectivity index is 3.13. The lowest BCUT2D eigenvalue weighted by atomic mass is 10.5. The highest BCUT2D eigenvalue weighted by atomic mass is 31.2. The third-order valence-corrected chi connectivity index (χ3v) is 2.56. The smallest absolute Gasteiger partial charge is 0.0931 e. The van der Waals surface area contributed by atoms with Crippen molar-refractivity contribution in [2.24, 2.45) is 0 Å². The molecule has 10 heavy (non-hydrogen) atoms. The van der Waals surface area contributed by atoms with Crippen molar-refractivity contribution >= 4 is 7.14 Å². The van der Waals surface area contributed by atoms with Gasteiger partial charge >= 0.3 is 0 Å². The summed E-state index contributed by atoms with van der Waals surface area (Å²) < 4.78 is 11.1. The Bertz CT molecular complexity index is 121. The van der Waals surface area contributed by atoms with Gasteiger partial charge in [-0.05, 0) is 26.3 Å². The lowest BCUT2D eigenvalue weighted by molar-refractivity contribution is 0.261. The first-order chi connectivity index (χ1) is 4.56. The summed E-state index contributed by atoms with van der Waals surface area (Å²) >= 11 is 0. The first-order valence-electron chi connectivity index (χ1n) is 3.42. The highest BCUT2D eigenvalue weighted by molar-refractivity contribution is 7.62. The number of hydrogen-bond donors (Lipinski definition) is 2. The molecule has 0 spiro atoms. The molecule has 0 unspecified atom stereocenters. The van der Waals surface area contributed by atoms with Crippen LogP contribution in [0.1, 0.15) is 6.42 Å². The van der Waals surface area contributed by atoms with E-state index >= 15 is 0 Å². The van der Waals surface area contributed by atoms with Gasteiger partial charge in [0.25, 0.3) is 0 Å². The number of aliphatic hydroxyl groups excluding tert-OH is 1. The first kappa shape index (κ1) is 10.2. The second-order valence-electron chi connectivity index (χ2n) is 2.81. The molecule has 0 fully saturated rings. The molecule has 0 aromatic heterocycles. The predicted octanol–water partition coefficient (Wildman–Crippen LogP) is 0.539. The first-order valence-corrected chi connectivity index (χ1v) is 6.20. The summed E-state index contributed by atoms with van der Waals surface area (Å²) in [5, 5.41) is 11.1. The summed E-state index contributed by atoms with van der Waals surface area (Å²) in [4.78, 5) is 0. The lowest BCUT2D eigenvalue weighted by Crippen LogP contribution is -2.16. The molecule has 0 heterocycles. The molecule has 4 heteroatoms.